The molecule has 7 N–H and O–H groups in total. The van der Waals surface area contributed by atoms with Gasteiger partial charge in [0.25, 0.3) is 0 Å². The number of hydrogen-bond acceptors (Lipinski definition) is 11. The Bertz CT molecular complexity index is 781. The molecule has 0 saturated carbocycles. The van der Waals surface area contributed by atoms with Crippen LogP contribution in [0.25, 0.3) is 0 Å². The second-order valence-electron chi connectivity index (χ2n) is 7.85. The Kier molecular flexibility index (Phi) is 8.65. The van der Waals surface area contributed by atoms with Crippen molar-refractivity contribution in [2.75, 3.05) is 19.8 Å². The fourth-order valence-electron chi connectivity index (χ4n) is 3.94. The first-order valence-electron chi connectivity index (χ1n) is 10.3. The van der Waals surface area contributed by atoms with Crippen LogP contribution >= 0.6 is 11.6 Å². The van der Waals surface area contributed by atoms with E-state index in [1.807, 2.05) is 0 Å². The molecule has 1 aromatic carbocycles. The lowest BCUT2D eigenvalue weighted by Gasteiger charge is -2.48. The summed E-state index contributed by atoms with van der Waals surface area (Å²) in [6.07, 6.45) is -14.7. The maximum Gasteiger partial charge on any atom is 0.193 e. The van der Waals surface area contributed by atoms with E-state index in [0.717, 1.165) is 6.07 Å². The van der Waals surface area contributed by atoms with E-state index >= 15 is 0 Å². The molecule has 0 radical (unpaired) electrons. The maximum absolute atomic E-state index is 14.6. The first kappa shape index (κ1) is 26.6. The Morgan fingerprint density at radius 3 is 2.30 bits per heavy atom. The predicted octanol–water partition coefficient (Wildman–Crippen LogP) is -2.03. The van der Waals surface area contributed by atoms with Gasteiger partial charge in [-0.2, -0.15) is 0 Å². The van der Waals surface area contributed by atoms with Crippen molar-refractivity contribution >= 4 is 11.6 Å². The normalized spacial score (nSPS) is 41.8. The van der Waals surface area contributed by atoms with Gasteiger partial charge >= 0.3 is 0 Å². The summed E-state index contributed by atoms with van der Waals surface area (Å²) in [4.78, 5) is 0. The van der Waals surface area contributed by atoms with Gasteiger partial charge in [-0.05, 0) is 19.1 Å². The van der Waals surface area contributed by atoms with Gasteiger partial charge in [-0.25, -0.2) is 4.39 Å². The Morgan fingerprint density at radius 2 is 1.70 bits per heavy atom. The number of benzene rings is 1. The second-order valence-corrected chi connectivity index (χ2v) is 8.26. The quantitative estimate of drug-likeness (QED) is 0.220. The average Bonchev–Trinajstić information content (AvgIpc) is 2.78. The van der Waals surface area contributed by atoms with Crippen molar-refractivity contribution < 1.29 is 59.1 Å². The molecule has 10 atom stereocenters. The van der Waals surface area contributed by atoms with Gasteiger partial charge in [0.05, 0.1) is 13.2 Å². The van der Waals surface area contributed by atoms with Crippen LogP contribution in [0.5, 0.6) is 0 Å². The van der Waals surface area contributed by atoms with Crippen LogP contribution < -0.4 is 0 Å². The number of ether oxygens (including phenoxy) is 4. The molecule has 0 amide bonds. The summed E-state index contributed by atoms with van der Waals surface area (Å²) in [5.41, 5.74) is -3.11. The van der Waals surface area contributed by atoms with Crippen LogP contribution in [0, 0.1) is 5.82 Å². The molecule has 2 heterocycles. The van der Waals surface area contributed by atoms with E-state index in [9.17, 15) is 40.1 Å². The van der Waals surface area contributed by atoms with Crippen molar-refractivity contribution in [1.82, 2.24) is 0 Å². The molecule has 2 aliphatic rings. The first-order chi connectivity index (χ1) is 15.6. The lowest BCUT2D eigenvalue weighted by Crippen LogP contribution is -2.66. The Labute approximate surface area is 193 Å². The van der Waals surface area contributed by atoms with Gasteiger partial charge in [0.15, 0.2) is 18.2 Å². The van der Waals surface area contributed by atoms with Gasteiger partial charge in [-0.3, -0.25) is 0 Å². The van der Waals surface area contributed by atoms with Crippen molar-refractivity contribution in [1.29, 1.82) is 0 Å². The Morgan fingerprint density at radius 1 is 1.00 bits per heavy atom. The fraction of sp³-hybridized carbons (Fsp3) is 0.700. The number of hydrogen-bond donors (Lipinski definition) is 7. The van der Waals surface area contributed by atoms with Crippen molar-refractivity contribution in [3.63, 3.8) is 0 Å². The summed E-state index contributed by atoms with van der Waals surface area (Å²) in [6.45, 7) is 0.312. The highest BCUT2D eigenvalue weighted by atomic mass is 35.5. The van der Waals surface area contributed by atoms with E-state index in [4.69, 9.17) is 30.5 Å². The minimum absolute atomic E-state index is 0.0256. The summed E-state index contributed by atoms with van der Waals surface area (Å²) in [6, 6.07) is 3.59. The van der Waals surface area contributed by atoms with Gasteiger partial charge in [0.1, 0.15) is 48.5 Å². The molecule has 0 bridgehead atoms. The molecule has 11 nitrogen and oxygen atoms in total. The third kappa shape index (κ3) is 4.89. The highest BCUT2D eigenvalue weighted by Gasteiger charge is 2.58. The highest BCUT2D eigenvalue weighted by molar-refractivity contribution is 6.31. The lowest BCUT2D eigenvalue weighted by molar-refractivity contribution is -0.359. The maximum atomic E-state index is 14.6. The summed E-state index contributed by atoms with van der Waals surface area (Å²) >= 11 is 6.06. The molecule has 0 spiro atoms. The summed E-state index contributed by atoms with van der Waals surface area (Å²) in [7, 11) is 0. The number of aliphatic hydroxyl groups is 7. The van der Waals surface area contributed by atoms with E-state index in [1.165, 1.54) is 12.1 Å². The molecule has 1 aromatic rings. The zero-order chi connectivity index (χ0) is 24.5. The number of rotatable bonds is 7. The standard InChI is InChI=1S/C20H28ClFO11/c1-2-30-19-20(29,12-8(21)4-3-5-9(12)22)17(28)14(25)11(33-19)7-31-18-16(27)15(26)13(24)10(6-23)32-18/h3-5,10-11,13-19,23-29H,2,6-7H2,1H3/t10-,11-,13-,14-,15+,16-,17+,18-,19-,20-/m1/s1. The summed E-state index contributed by atoms with van der Waals surface area (Å²) < 4.78 is 36.1. The van der Waals surface area contributed by atoms with Crippen LogP contribution in [0.1, 0.15) is 12.5 Å². The topological polar surface area (TPSA) is 179 Å². The summed E-state index contributed by atoms with van der Waals surface area (Å²) in [5, 5.41) is 71.5. The third-order valence-corrected chi connectivity index (χ3v) is 6.08. The SMILES string of the molecule is CCO[C@@H]1O[C@H](CO[C@@H]2O[C@H](CO)[C@@H](O)[C@H](O)[C@H]2O)[C@@H](O)[C@H](O)[C@]1(O)c1c(F)cccc1Cl. The lowest BCUT2D eigenvalue weighted by atomic mass is 9.80. The summed E-state index contributed by atoms with van der Waals surface area (Å²) in [5.74, 6) is -0.958. The minimum Gasteiger partial charge on any atom is -0.394 e. The molecule has 2 fully saturated rings. The van der Waals surface area contributed by atoms with Gasteiger partial charge in [-0.1, -0.05) is 17.7 Å². The molecule has 3 rings (SSSR count). The smallest absolute Gasteiger partial charge is 0.193 e. The monoisotopic (exact) mass is 498 g/mol. The molecule has 0 aromatic heterocycles. The fourth-order valence-corrected chi connectivity index (χ4v) is 4.26. The Hall–Kier alpha value is -1.00. The molecule has 13 heteroatoms. The molecule has 0 unspecified atom stereocenters. The van der Waals surface area contributed by atoms with Crippen LogP contribution in [0.15, 0.2) is 18.2 Å². The highest BCUT2D eigenvalue weighted by Crippen LogP contribution is 2.43. The van der Waals surface area contributed by atoms with Crippen LogP contribution in [0.2, 0.25) is 5.02 Å². The van der Waals surface area contributed by atoms with Crippen LogP contribution in [0.3, 0.4) is 0 Å². The molecule has 2 saturated heterocycles. The van der Waals surface area contributed by atoms with Crippen LogP contribution in [-0.2, 0) is 24.5 Å². The largest absolute Gasteiger partial charge is 0.394 e. The van der Waals surface area contributed by atoms with Gasteiger partial charge in [0, 0.05) is 17.2 Å². The van der Waals surface area contributed by atoms with Crippen molar-refractivity contribution in [3.05, 3.63) is 34.6 Å². The minimum atomic E-state index is -2.59. The van der Waals surface area contributed by atoms with Gasteiger partial charge in [0.2, 0.25) is 0 Å². The molecule has 2 aliphatic heterocycles. The van der Waals surface area contributed by atoms with E-state index < -0.39 is 85.5 Å². The molecule has 188 valence electrons. The van der Waals surface area contributed by atoms with E-state index in [1.54, 1.807) is 6.92 Å². The second kappa shape index (κ2) is 10.7. The van der Waals surface area contributed by atoms with Crippen LogP contribution in [-0.4, -0.2) is 111 Å². The molecule has 0 aliphatic carbocycles. The molecular weight excluding hydrogens is 471 g/mol. The number of aliphatic hydroxyl groups excluding tert-OH is 6. The predicted molar refractivity (Wildman–Crippen MR) is 107 cm³/mol. The van der Waals surface area contributed by atoms with Crippen molar-refractivity contribution in [3.8, 4) is 0 Å². The average molecular weight is 499 g/mol. The van der Waals surface area contributed by atoms with E-state index in [-0.39, 0.29) is 11.6 Å². The Balaban J connectivity index is 1.80. The van der Waals surface area contributed by atoms with Crippen molar-refractivity contribution in [2.45, 2.75) is 67.8 Å². The van der Waals surface area contributed by atoms with Crippen molar-refractivity contribution in [2.24, 2.45) is 0 Å². The van der Waals surface area contributed by atoms with Crippen LogP contribution in [0.4, 0.5) is 4.39 Å². The molecular formula is C20H28ClFO11. The van der Waals surface area contributed by atoms with E-state index in [2.05, 4.69) is 0 Å². The van der Waals surface area contributed by atoms with Gasteiger partial charge in [-0.15, -0.1) is 0 Å². The zero-order valence-electron chi connectivity index (χ0n) is 17.6. The first-order valence-corrected chi connectivity index (χ1v) is 10.7. The third-order valence-electron chi connectivity index (χ3n) is 5.77. The number of halogens is 2. The van der Waals surface area contributed by atoms with E-state index in [0.29, 0.717) is 0 Å². The molecule has 33 heavy (non-hydrogen) atoms. The zero-order valence-corrected chi connectivity index (χ0v) is 18.3. The van der Waals surface area contributed by atoms with Gasteiger partial charge < -0.3 is 54.7 Å².